The summed E-state index contributed by atoms with van der Waals surface area (Å²) in [7, 11) is 0. The lowest BCUT2D eigenvalue weighted by molar-refractivity contribution is 0.498. The van der Waals surface area contributed by atoms with E-state index < -0.39 is 17.5 Å². The smallest absolute Gasteiger partial charge is 0.182 e. The molecule has 0 unspecified atom stereocenters. The first-order valence-electron chi connectivity index (χ1n) is 6.41. The number of benzene rings is 1. The lowest BCUT2D eigenvalue weighted by atomic mass is 10.2. The summed E-state index contributed by atoms with van der Waals surface area (Å²) in [5, 5.41) is 2.84. The number of aromatic nitrogens is 2. The predicted octanol–water partition coefficient (Wildman–Crippen LogP) is 4.48. The van der Waals surface area contributed by atoms with Gasteiger partial charge in [-0.3, -0.25) is 0 Å². The van der Waals surface area contributed by atoms with E-state index in [1.54, 1.807) is 6.92 Å². The molecule has 0 aliphatic heterocycles. The molecule has 1 saturated carbocycles. The van der Waals surface area contributed by atoms with Crippen LogP contribution >= 0.6 is 11.6 Å². The van der Waals surface area contributed by atoms with Crippen molar-refractivity contribution in [3.05, 3.63) is 46.1 Å². The third-order valence-corrected chi connectivity index (χ3v) is 3.66. The predicted molar refractivity (Wildman–Crippen MR) is 73.4 cm³/mol. The SMILES string of the molecule is Cc1c(Cl)nc(C2CC2)nc1Nc1cc(F)cc(F)c1F. The fourth-order valence-electron chi connectivity index (χ4n) is 1.93. The highest BCUT2D eigenvalue weighted by atomic mass is 35.5. The maximum Gasteiger partial charge on any atom is 0.182 e. The van der Waals surface area contributed by atoms with Crippen LogP contribution in [0, 0.1) is 24.4 Å². The van der Waals surface area contributed by atoms with Crippen LogP contribution in [0.4, 0.5) is 24.7 Å². The van der Waals surface area contributed by atoms with Gasteiger partial charge in [0, 0.05) is 23.6 Å². The molecule has 1 aliphatic carbocycles. The van der Waals surface area contributed by atoms with E-state index in [2.05, 4.69) is 15.3 Å². The summed E-state index contributed by atoms with van der Waals surface area (Å²) in [6.07, 6.45) is 1.95. The Morgan fingerprint density at radius 2 is 1.90 bits per heavy atom. The average molecular weight is 314 g/mol. The number of hydrogen-bond acceptors (Lipinski definition) is 3. The second-order valence-electron chi connectivity index (χ2n) is 4.99. The minimum absolute atomic E-state index is 0.242. The van der Waals surface area contributed by atoms with Crippen molar-refractivity contribution in [2.24, 2.45) is 0 Å². The van der Waals surface area contributed by atoms with Crippen LogP contribution in [0.3, 0.4) is 0 Å². The number of nitrogens with zero attached hydrogens (tertiary/aromatic N) is 2. The first-order chi connectivity index (χ1) is 9.95. The lowest BCUT2D eigenvalue weighted by Crippen LogP contribution is -2.05. The fourth-order valence-corrected chi connectivity index (χ4v) is 2.10. The Morgan fingerprint density at radius 1 is 1.19 bits per heavy atom. The van der Waals surface area contributed by atoms with Gasteiger partial charge in [0.25, 0.3) is 0 Å². The Labute approximate surface area is 124 Å². The van der Waals surface area contributed by atoms with Gasteiger partial charge >= 0.3 is 0 Å². The van der Waals surface area contributed by atoms with E-state index in [9.17, 15) is 13.2 Å². The van der Waals surface area contributed by atoms with Crippen molar-refractivity contribution in [1.29, 1.82) is 0 Å². The van der Waals surface area contributed by atoms with Gasteiger partial charge < -0.3 is 5.32 Å². The second kappa shape index (κ2) is 5.18. The Morgan fingerprint density at radius 3 is 2.57 bits per heavy atom. The molecular formula is C14H11ClF3N3. The normalized spacial score (nSPS) is 14.3. The standard InChI is InChI=1S/C14H11ClF3N3/c1-6-12(15)20-14(7-2-3-7)21-13(6)19-10-5-8(16)4-9(17)11(10)18/h4-5,7H,2-3H2,1H3,(H,19,20,21). The zero-order chi connectivity index (χ0) is 15.1. The molecule has 0 bridgehead atoms. The Balaban J connectivity index is 2.01. The first kappa shape index (κ1) is 14.1. The lowest BCUT2D eigenvalue weighted by Gasteiger charge is -2.12. The molecular weight excluding hydrogens is 303 g/mol. The van der Waals surface area contributed by atoms with Crippen LogP contribution in [0.2, 0.25) is 5.15 Å². The van der Waals surface area contributed by atoms with Gasteiger partial charge in [-0.1, -0.05) is 11.6 Å². The molecule has 3 nitrogen and oxygen atoms in total. The van der Waals surface area contributed by atoms with Crippen LogP contribution in [0.5, 0.6) is 0 Å². The summed E-state index contributed by atoms with van der Waals surface area (Å²) < 4.78 is 40.1. The topological polar surface area (TPSA) is 37.8 Å². The number of rotatable bonds is 3. The summed E-state index contributed by atoms with van der Waals surface area (Å²) in [6.45, 7) is 1.65. The molecule has 1 fully saturated rings. The molecule has 0 atom stereocenters. The molecule has 2 aromatic rings. The van der Waals surface area contributed by atoms with Crippen LogP contribution in [0.25, 0.3) is 0 Å². The highest BCUT2D eigenvalue weighted by molar-refractivity contribution is 6.30. The van der Waals surface area contributed by atoms with Crippen LogP contribution in [0.15, 0.2) is 12.1 Å². The van der Waals surface area contributed by atoms with E-state index in [-0.39, 0.29) is 22.6 Å². The molecule has 3 rings (SSSR count). The van der Waals surface area contributed by atoms with Gasteiger partial charge in [0.1, 0.15) is 22.6 Å². The van der Waals surface area contributed by atoms with Crippen molar-refractivity contribution in [1.82, 2.24) is 9.97 Å². The molecule has 21 heavy (non-hydrogen) atoms. The number of halogens is 4. The summed E-state index contributed by atoms with van der Waals surface area (Å²) in [5.74, 6) is -2.25. The van der Waals surface area contributed by atoms with E-state index in [0.29, 0.717) is 17.5 Å². The largest absolute Gasteiger partial charge is 0.337 e. The second-order valence-corrected chi connectivity index (χ2v) is 5.35. The molecule has 0 amide bonds. The number of hydrogen-bond donors (Lipinski definition) is 1. The van der Waals surface area contributed by atoms with Gasteiger partial charge in [0.15, 0.2) is 11.6 Å². The van der Waals surface area contributed by atoms with Crippen molar-refractivity contribution < 1.29 is 13.2 Å². The zero-order valence-corrected chi connectivity index (χ0v) is 11.8. The summed E-state index contributed by atoms with van der Waals surface area (Å²) in [5.41, 5.74) is 0.164. The van der Waals surface area contributed by atoms with Crippen LogP contribution < -0.4 is 5.32 Å². The van der Waals surface area contributed by atoms with Gasteiger partial charge in [-0.15, -0.1) is 0 Å². The van der Waals surface area contributed by atoms with Gasteiger partial charge in [0.05, 0.1) is 5.69 Å². The van der Waals surface area contributed by atoms with E-state index in [4.69, 9.17) is 11.6 Å². The maximum absolute atomic E-state index is 13.7. The minimum atomic E-state index is -1.27. The van der Waals surface area contributed by atoms with Gasteiger partial charge in [-0.25, -0.2) is 23.1 Å². The van der Waals surface area contributed by atoms with Gasteiger partial charge in [0.2, 0.25) is 0 Å². The third-order valence-electron chi connectivity index (χ3n) is 3.29. The molecule has 1 heterocycles. The summed E-state index contributed by atoms with van der Waals surface area (Å²) in [4.78, 5) is 8.44. The Kier molecular flexibility index (Phi) is 3.49. The highest BCUT2D eigenvalue weighted by Gasteiger charge is 2.28. The van der Waals surface area contributed by atoms with Gasteiger partial charge in [-0.2, -0.15) is 0 Å². The Hall–Kier alpha value is -1.82. The third kappa shape index (κ3) is 2.81. The van der Waals surface area contributed by atoms with E-state index in [1.165, 1.54) is 0 Å². The van der Waals surface area contributed by atoms with Crippen molar-refractivity contribution in [3.8, 4) is 0 Å². The monoisotopic (exact) mass is 313 g/mol. The fraction of sp³-hybridized carbons (Fsp3) is 0.286. The minimum Gasteiger partial charge on any atom is -0.337 e. The summed E-state index contributed by atoms with van der Waals surface area (Å²) >= 11 is 6.03. The van der Waals surface area contributed by atoms with E-state index in [0.717, 1.165) is 18.9 Å². The van der Waals surface area contributed by atoms with E-state index in [1.807, 2.05) is 0 Å². The molecule has 7 heteroatoms. The molecule has 110 valence electrons. The van der Waals surface area contributed by atoms with E-state index >= 15 is 0 Å². The van der Waals surface area contributed by atoms with Crippen LogP contribution in [-0.4, -0.2) is 9.97 Å². The molecule has 0 spiro atoms. The summed E-state index contributed by atoms with van der Waals surface area (Å²) in [6, 6.07) is 1.35. The molecule has 0 saturated heterocycles. The van der Waals surface area contributed by atoms with Gasteiger partial charge in [-0.05, 0) is 19.8 Å². The average Bonchev–Trinajstić information content (AvgIpc) is 3.24. The first-order valence-corrected chi connectivity index (χ1v) is 6.79. The van der Waals surface area contributed by atoms with Crippen molar-refractivity contribution in [2.45, 2.75) is 25.7 Å². The van der Waals surface area contributed by atoms with Crippen molar-refractivity contribution in [3.63, 3.8) is 0 Å². The molecule has 1 aromatic heterocycles. The quantitative estimate of drug-likeness (QED) is 0.671. The maximum atomic E-state index is 13.7. The Bertz CT molecular complexity index is 717. The molecule has 1 N–H and O–H groups in total. The van der Waals surface area contributed by atoms with Crippen LogP contribution in [-0.2, 0) is 0 Å². The van der Waals surface area contributed by atoms with Crippen molar-refractivity contribution >= 4 is 23.1 Å². The number of nitrogens with one attached hydrogen (secondary N) is 1. The molecule has 0 radical (unpaired) electrons. The number of anilines is 2. The van der Waals surface area contributed by atoms with Crippen LogP contribution in [0.1, 0.15) is 30.1 Å². The zero-order valence-electron chi connectivity index (χ0n) is 11.1. The van der Waals surface area contributed by atoms with Crippen molar-refractivity contribution in [2.75, 3.05) is 5.32 Å². The molecule has 1 aliphatic rings. The highest BCUT2D eigenvalue weighted by Crippen LogP contribution is 2.39. The molecule has 1 aromatic carbocycles.